The summed E-state index contributed by atoms with van der Waals surface area (Å²) in [5.74, 6) is 1.54. The second-order valence-corrected chi connectivity index (χ2v) is 4.54. The molecule has 0 bridgehead atoms. The van der Waals surface area contributed by atoms with Crippen LogP contribution in [0.4, 0.5) is 0 Å². The van der Waals surface area contributed by atoms with E-state index in [0.717, 1.165) is 33.5 Å². The van der Waals surface area contributed by atoms with E-state index in [1.165, 1.54) is 0 Å². The van der Waals surface area contributed by atoms with Crippen LogP contribution in [-0.2, 0) is 6.42 Å². The quantitative estimate of drug-likeness (QED) is 0.795. The van der Waals surface area contributed by atoms with Gasteiger partial charge in [0.2, 0.25) is 0 Å². The lowest BCUT2D eigenvalue weighted by Crippen LogP contribution is -1.99. The van der Waals surface area contributed by atoms with Crippen molar-refractivity contribution in [3.8, 4) is 17.6 Å². The van der Waals surface area contributed by atoms with E-state index in [4.69, 9.17) is 14.7 Å². The van der Waals surface area contributed by atoms with Gasteiger partial charge in [-0.15, -0.1) is 0 Å². The molecule has 0 fully saturated rings. The van der Waals surface area contributed by atoms with Gasteiger partial charge in [0.25, 0.3) is 0 Å². The van der Waals surface area contributed by atoms with Gasteiger partial charge in [-0.2, -0.15) is 5.26 Å². The molecule has 1 aromatic carbocycles. The summed E-state index contributed by atoms with van der Waals surface area (Å²) in [5.41, 5.74) is 1.99. The summed E-state index contributed by atoms with van der Waals surface area (Å²) in [4.78, 5) is 0. The fourth-order valence-corrected chi connectivity index (χ4v) is 2.31. The predicted molar refractivity (Wildman–Crippen MR) is 63.8 cm³/mol. The maximum Gasteiger partial charge on any atom is 0.175 e. The van der Waals surface area contributed by atoms with E-state index in [-0.39, 0.29) is 0 Å². The molecule has 3 nitrogen and oxygen atoms in total. The number of halogens is 1. The van der Waals surface area contributed by atoms with Crippen LogP contribution in [0.1, 0.15) is 17.5 Å². The number of ether oxygens (including phenoxy) is 2. The third-order valence-corrected chi connectivity index (χ3v) is 3.19. The van der Waals surface area contributed by atoms with Gasteiger partial charge in [0.15, 0.2) is 11.5 Å². The Balaban J connectivity index is 2.53. The van der Waals surface area contributed by atoms with Crippen molar-refractivity contribution in [2.24, 2.45) is 0 Å². The van der Waals surface area contributed by atoms with Crippen molar-refractivity contribution < 1.29 is 9.47 Å². The number of hydrogen-bond acceptors (Lipinski definition) is 3. The maximum atomic E-state index is 8.76. The van der Waals surface area contributed by atoms with Crippen molar-refractivity contribution in [3.05, 3.63) is 21.7 Å². The molecule has 1 aromatic rings. The van der Waals surface area contributed by atoms with Crippen molar-refractivity contribution in [3.63, 3.8) is 0 Å². The highest BCUT2D eigenvalue weighted by Gasteiger charge is 2.19. The second-order valence-electron chi connectivity index (χ2n) is 3.69. The zero-order chi connectivity index (χ0) is 11.5. The van der Waals surface area contributed by atoms with E-state index in [1.54, 1.807) is 0 Å². The molecule has 0 aliphatic carbocycles. The van der Waals surface area contributed by atoms with Gasteiger partial charge in [0.1, 0.15) is 0 Å². The number of benzene rings is 1. The van der Waals surface area contributed by atoms with E-state index >= 15 is 0 Å². The highest BCUT2D eigenvalue weighted by atomic mass is 79.9. The van der Waals surface area contributed by atoms with Crippen molar-refractivity contribution >= 4 is 15.9 Å². The molecule has 0 aromatic heterocycles. The lowest BCUT2D eigenvalue weighted by Gasteiger charge is -2.14. The lowest BCUT2D eigenvalue weighted by atomic mass is 10.0. The molecule has 0 saturated carbocycles. The molecule has 0 unspecified atom stereocenters. The topological polar surface area (TPSA) is 42.2 Å². The summed E-state index contributed by atoms with van der Waals surface area (Å²) >= 11 is 3.46. The minimum absolute atomic E-state index is 0.390. The first-order chi connectivity index (χ1) is 7.74. The fraction of sp³-hybridized carbons (Fsp3) is 0.417. The predicted octanol–water partition coefficient (Wildman–Crippen LogP) is 2.98. The average Bonchev–Trinajstić information content (AvgIpc) is 2.51. The third-order valence-electron chi connectivity index (χ3n) is 2.60. The average molecular weight is 282 g/mol. The van der Waals surface area contributed by atoms with Gasteiger partial charge in [0.05, 0.1) is 30.2 Å². The van der Waals surface area contributed by atoms with Gasteiger partial charge < -0.3 is 9.47 Å². The van der Waals surface area contributed by atoms with Crippen LogP contribution in [0.25, 0.3) is 0 Å². The Morgan fingerprint density at radius 1 is 1.38 bits per heavy atom. The number of nitrogens with zero attached hydrogens (tertiary/aromatic N) is 1. The van der Waals surface area contributed by atoms with E-state index in [9.17, 15) is 0 Å². The maximum absolute atomic E-state index is 8.76. The van der Waals surface area contributed by atoms with Crippen molar-refractivity contribution in [2.75, 3.05) is 13.2 Å². The number of rotatable bonds is 1. The Kier molecular flexibility index (Phi) is 3.35. The Morgan fingerprint density at radius 2 is 2.06 bits per heavy atom. The number of fused-ring (bicyclic) bond motifs is 1. The number of hydrogen-bond donors (Lipinski definition) is 0. The molecule has 2 rings (SSSR count). The molecule has 1 aliphatic rings. The molecule has 4 heteroatoms. The first-order valence-electron chi connectivity index (χ1n) is 5.18. The van der Waals surface area contributed by atoms with E-state index in [0.29, 0.717) is 19.6 Å². The summed E-state index contributed by atoms with van der Waals surface area (Å²) in [5, 5.41) is 8.76. The van der Waals surface area contributed by atoms with Crippen LogP contribution in [0, 0.1) is 18.3 Å². The zero-order valence-electron chi connectivity index (χ0n) is 9.05. The fourth-order valence-electron chi connectivity index (χ4n) is 1.74. The second kappa shape index (κ2) is 4.75. The van der Waals surface area contributed by atoms with Gasteiger partial charge in [-0.3, -0.25) is 0 Å². The SMILES string of the molecule is Cc1c(CC#N)cc(Br)c2c1OCCCO2. The summed E-state index contributed by atoms with van der Waals surface area (Å²) < 4.78 is 12.2. The van der Waals surface area contributed by atoms with Crippen LogP contribution in [0.3, 0.4) is 0 Å². The molecule has 0 atom stereocenters. The monoisotopic (exact) mass is 281 g/mol. The van der Waals surface area contributed by atoms with Crippen molar-refractivity contribution in [1.29, 1.82) is 5.26 Å². The van der Waals surface area contributed by atoms with E-state index in [2.05, 4.69) is 22.0 Å². The van der Waals surface area contributed by atoms with Crippen molar-refractivity contribution in [2.45, 2.75) is 19.8 Å². The first kappa shape index (κ1) is 11.3. The van der Waals surface area contributed by atoms with E-state index in [1.807, 2.05) is 13.0 Å². The van der Waals surface area contributed by atoms with Crippen LogP contribution in [0.2, 0.25) is 0 Å². The van der Waals surface area contributed by atoms with Gasteiger partial charge >= 0.3 is 0 Å². The van der Waals surface area contributed by atoms with Crippen LogP contribution in [0.5, 0.6) is 11.5 Å². The minimum Gasteiger partial charge on any atom is -0.489 e. The summed E-state index contributed by atoms with van der Waals surface area (Å²) in [6.45, 7) is 3.30. The zero-order valence-corrected chi connectivity index (χ0v) is 10.6. The standard InChI is InChI=1S/C12H12BrNO2/c1-8-9(3-4-14)7-10(13)12-11(8)15-5-2-6-16-12/h7H,2-3,5-6H2,1H3. The molecule has 1 heterocycles. The Bertz CT molecular complexity index is 451. The van der Waals surface area contributed by atoms with Gasteiger partial charge in [-0.25, -0.2) is 0 Å². The van der Waals surface area contributed by atoms with Gasteiger partial charge in [-0.1, -0.05) is 0 Å². The molecular formula is C12H12BrNO2. The highest BCUT2D eigenvalue weighted by Crippen LogP contribution is 2.41. The molecule has 1 aliphatic heterocycles. The molecule has 0 radical (unpaired) electrons. The largest absolute Gasteiger partial charge is 0.489 e. The molecule has 0 N–H and O–H groups in total. The molecular weight excluding hydrogens is 270 g/mol. The number of nitriles is 1. The smallest absolute Gasteiger partial charge is 0.175 e. The van der Waals surface area contributed by atoms with Gasteiger partial charge in [-0.05, 0) is 40.0 Å². The molecule has 0 spiro atoms. The Labute approximate surface area is 103 Å². The molecule has 84 valence electrons. The highest BCUT2D eigenvalue weighted by molar-refractivity contribution is 9.10. The van der Waals surface area contributed by atoms with E-state index < -0.39 is 0 Å². The normalized spacial score (nSPS) is 14.1. The first-order valence-corrected chi connectivity index (χ1v) is 5.98. The van der Waals surface area contributed by atoms with Gasteiger partial charge in [0, 0.05) is 6.42 Å². The van der Waals surface area contributed by atoms with Crippen molar-refractivity contribution in [1.82, 2.24) is 0 Å². The minimum atomic E-state index is 0.390. The Hall–Kier alpha value is -1.21. The van der Waals surface area contributed by atoms with Crippen LogP contribution < -0.4 is 9.47 Å². The Morgan fingerprint density at radius 3 is 2.75 bits per heavy atom. The lowest BCUT2D eigenvalue weighted by molar-refractivity contribution is 0.296. The molecule has 0 saturated heterocycles. The summed E-state index contributed by atoms with van der Waals surface area (Å²) in [6.07, 6.45) is 1.27. The van der Waals surface area contributed by atoms with Crippen LogP contribution in [0.15, 0.2) is 10.5 Å². The van der Waals surface area contributed by atoms with Crippen LogP contribution in [-0.4, -0.2) is 13.2 Å². The van der Waals surface area contributed by atoms with Crippen LogP contribution >= 0.6 is 15.9 Å². The third kappa shape index (κ3) is 2.00. The molecule has 0 amide bonds. The molecule has 16 heavy (non-hydrogen) atoms. The summed E-state index contributed by atoms with van der Waals surface area (Å²) in [7, 11) is 0. The summed E-state index contributed by atoms with van der Waals surface area (Å²) in [6, 6.07) is 4.09.